The number of rotatable bonds is 5. The minimum Gasteiger partial charge on any atom is -0.465 e. The van der Waals surface area contributed by atoms with E-state index in [9.17, 15) is 4.79 Å². The number of carboxylic acid groups (broad SMARTS) is 1. The Labute approximate surface area is 112 Å². The SMILES string of the molecule is C=CCC(c1cc(Cl)ccc1C=C)N(C)C(=O)O. The Kier molecular flexibility index (Phi) is 4.98. The van der Waals surface area contributed by atoms with Crippen LogP contribution in [0.15, 0.2) is 37.4 Å². The van der Waals surface area contributed by atoms with Gasteiger partial charge >= 0.3 is 6.09 Å². The van der Waals surface area contributed by atoms with Crippen LogP contribution in [-0.4, -0.2) is 23.1 Å². The zero-order chi connectivity index (χ0) is 13.7. The fraction of sp³-hybridized carbons (Fsp3) is 0.214. The number of halogens is 1. The first kappa shape index (κ1) is 14.3. The van der Waals surface area contributed by atoms with E-state index in [2.05, 4.69) is 13.2 Å². The van der Waals surface area contributed by atoms with E-state index >= 15 is 0 Å². The maximum absolute atomic E-state index is 11.1. The highest BCUT2D eigenvalue weighted by Crippen LogP contribution is 2.29. The van der Waals surface area contributed by atoms with Crippen LogP contribution in [0.5, 0.6) is 0 Å². The summed E-state index contributed by atoms with van der Waals surface area (Å²) in [5.74, 6) is 0. The summed E-state index contributed by atoms with van der Waals surface area (Å²) in [6, 6.07) is 5.04. The number of amides is 1. The average molecular weight is 266 g/mol. The third-order valence-electron chi connectivity index (χ3n) is 2.79. The van der Waals surface area contributed by atoms with Crippen molar-refractivity contribution in [3.63, 3.8) is 0 Å². The lowest BCUT2D eigenvalue weighted by molar-refractivity contribution is 0.138. The molecule has 0 radical (unpaired) electrons. The summed E-state index contributed by atoms with van der Waals surface area (Å²) in [4.78, 5) is 12.4. The molecule has 0 heterocycles. The lowest BCUT2D eigenvalue weighted by Crippen LogP contribution is -2.29. The van der Waals surface area contributed by atoms with Crippen molar-refractivity contribution in [1.82, 2.24) is 4.90 Å². The number of hydrogen-bond acceptors (Lipinski definition) is 1. The highest BCUT2D eigenvalue weighted by molar-refractivity contribution is 6.30. The molecule has 0 bridgehead atoms. The summed E-state index contributed by atoms with van der Waals surface area (Å²) < 4.78 is 0. The fourth-order valence-corrected chi connectivity index (χ4v) is 1.99. The van der Waals surface area contributed by atoms with Gasteiger partial charge in [-0.15, -0.1) is 6.58 Å². The first-order valence-corrected chi connectivity index (χ1v) is 5.87. The normalized spacial score (nSPS) is 11.7. The molecular weight excluding hydrogens is 250 g/mol. The van der Waals surface area contributed by atoms with Crippen molar-refractivity contribution in [2.75, 3.05) is 7.05 Å². The maximum Gasteiger partial charge on any atom is 0.407 e. The predicted molar refractivity (Wildman–Crippen MR) is 74.9 cm³/mol. The van der Waals surface area contributed by atoms with Crippen molar-refractivity contribution in [3.05, 3.63) is 53.6 Å². The Bertz CT molecular complexity index is 471. The van der Waals surface area contributed by atoms with E-state index < -0.39 is 6.09 Å². The van der Waals surface area contributed by atoms with Crippen LogP contribution in [0.3, 0.4) is 0 Å². The first-order valence-electron chi connectivity index (χ1n) is 5.49. The maximum atomic E-state index is 11.1. The van der Waals surface area contributed by atoms with Crippen LogP contribution in [-0.2, 0) is 0 Å². The molecule has 1 aromatic rings. The van der Waals surface area contributed by atoms with E-state index in [1.807, 2.05) is 6.07 Å². The summed E-state index contributed by atoms with van der Waals surface area (Å²) in [6.07, 6.45) is 2.91. The zero-order valence-corrected chi connectivity index (χ0v) is 11.0. The van der Waals surface area contributed by atoms with E-state index in [-0.39, 0.29) is 6.04 Å². The van der Waals surface area contributed by atoms with Crippen LogP contribution in [0.1, 0.15) is 23.6 Å². The van der Waals surface area contributed by atoms with E-state index in [0.29, 0.717) is 11.4 Å². The van der Waals surface area contributed by atoms with Crippen LogP contribution in [0.2, 0.25) is 5.02 Å². The molecule has 0 aromatic heterocycles. The highest BCUT2D eigenvalue weighted by atomic mass is 35.5. The highest BCUT2D eigenvalue weighted by Gasteiger charge is 2.22. The van der Waals surface area contributed by atoms with Crippen LogP contribution in [0.25, 0.3) is 6.08 Å². The van der Waals surface area contributed by atoms with Gasteiger partial charge in [-0.25, -0.2) is 4.79 Å². The van der Waals surface area contributed by atoms with Gasteiger partial charge < -0.3 is 10.0 Å². The average Bonchev–Trinajstić information content (AvgIpc) is 2.35. The molecule has 0 saturated carbocycles. The van der Waals surface area contributed by atoms with Crippen molar-refractivity contribution in [3.8, 4) is 0 Å². The van der Waals surface area contributed by atoms with Gasteiger partial charge in [0.05, 0.1) is 6.04 Å². The van der Waals surface area contributed by atoms with Crippen molar-refractivity contribution in [2.45, 2.75) is 12.5 Å². The van der Waals surface area contributed by atoms with Crippen LogP contribution in [0, 0.1) is 0 Å². The topological polar surface area (TPSA) is 40.5 Å². The third kappa shape index (κ3) is 3.14. The summed E-state index contributed by atoms with van der Waals surface area (Å²) in [7, 11) is 1.53. The summed E-state index contributed by atoms with van der Waals surface area (Å²) in [5, 5.41) is 9.68. The minimum atomic E-state index is -0.989. The summed E-state index contributed by atoms with van der Waals surface area (Å²) in [5.41, 5.74) is 1.71. The molecule has 0 fully saturated rings. The van der Waals surface area contributed by atoms with Crippen molar-refractivity contribution >= 4 is 23.8 Å². The van der Waals surface area contributed by atoms with Gasteiger partial charge in [-0.2, -0.15) is 0 Å². The molecule has 1 atom stereocenters. The second-order valence-electron chi connectivity index (χ2n) is 3.91. The first-order chi connectivity index (χ1) is 8.51. The molecule has 0 aliphatic carbocycles. The van der Waals surface area contributed by atoms with Crippen LogP contribution in [0.4, 0.5) is 4.79 Å². The largest absolute Gasteiger partial charge is 0.465 e. The van der Waals surface area contributed by atoms with Crippen LogP contribution >= 0.6 is 11.6 Å². The molecule has 96 valence electrons. The monoisotopic (exact) mass is 265 g/mol. The lowest BCUT2D eigenvalue weighted by atomic mass is 9.97. The molecule has 18 heavy (non-hydrogen) atoms. The quantitative estimate of drug-likeness (QED) is 0.810. The predicted octanol–water partition coefficient (Wildman–Crippen LogP) is 4.21. The molecular formula is C14H16ClNO2. The Morgan fingerprint density at radius 3 is 2.72 bits per heavy atom. The standard InChI is InChI=1S/C14H16ClNO2/c1-4-6-13(16(3)14(17)18)12-9-11(15)8-7-10(12)5-2/h4-5,7-9,13H,1-2,6H2,3H3,(H,17,18). The van der Waals surface area contributed by atoms with Crippen LogP contribution < -0.4 is 0 Å². The number of hydrogen-bond donors (Lipinski definition) is 1. The van der Waals surface area contributed by atoms with Crippen molar-refractivity contribution in [2.24, 2.45) is 0 Å². The van der Waals surface area contributed by atoms with Gasteiger partial charge in [0, 0.05) is 12.1 Å². The second kappa shape index (κ2) is 6.26. The number of carbonyl (C=O) groups is 1. The van der Waals surface area contributed by atoms with E-state index in [4.69, 9.17) is 16.7 Å². The summed E-state index contributed by atoms with van der Waals surface area (Å²) >= 11 is 5.98. The molecule has 0 aliphatic rings. The van der Waals surface area contributed by atoms with Gasteiger partial charge in [0.25, 0.3) is 0 Å². The molecule has 1 rings (SSSR count). The Morgan fingerprint density at radius 1 is 1.56 bits per heavy atom. The lowest BCUT2D eigenvalue weighted by Gasteiger charge is -2.26. The third-order valence-corrected chi connectivity index (χ3v) is 3.02. The molecule has 1 amide bonds. The van der Waals surface area contributed by atoms with Crippen molar-refractivity contribution in [1.29, 1.82) is 0 Å². The van der Waals surface area contributed by atoms with Gasteiger partial charge in [-0.05, 0) is 29.7 Å². The van der Waals surface area contributed by atoms with Gasteiger partial charge in [0.1, 0.15) is 0 Å². The van der Waals surface area contributed by atoms with Gasteiger partial charge in [0.15, 0.2) is 0 Å². The summed E-state index contributed by atoms with van der Waals surface area (Å²) in [6.45, 7) is 7.40. The molecule has 1 aromatic carbocycles. The molecule has 4 heteroatoms. The van der Waals surface area contributed by atoms with Gasteiger partial charge in [-0.3, -0.25) is 0 Å². The van der Waals surface area contributed by atoms with Crippen molar-refractivity contribution < 1.29 is 9.90 Å². The molecule has 1 N–H and O–H groups in total. The molecule has 0 saturated heterocycles. The van der Waals surface area contributed by atoms with E-state index in [1.165, 1.54) is 11.9 Å². The molecule has 1 unspecified atom stereocenters. The molecule has 0 spiro atoms. The Morgan fingerprint density at radius 2 is 2.22 bits per heavy atom. The zero-order valence-electron chi connectivity index (χ0n) is 10.3. The minimum absolute atomic E-state index is 0.313. The smallest absolute Gasteiger partial charge is 0.407 e. The number of nitrogens with zero attached hydrogens (tertiary/aromatic N) is 1. The molecule has 0 aliphatic heterocycles. The second-order valence-corrected chi connectivity index (χ2v) is 4.35. The molecule has 3 nitrogen and oxygen atoms in total. The Hall–Kier alpha value is -1.74. The van der Waals surface area contributed by atoms with E-state index in [1.54, 1.807) is 24.3 Å². The van der Waals surface area contributed by atoms with Gasteiger partial charge in [-0.1, -0.05) is 36.4 Å². The van der Waals surface area contributed by atoms with Gasteiger partial charge in [0.2, 0.25) is 0 Å². The fourth-order valence-electron chi connectivity index (χ4n) is 1.80. The Balaban J connectivity index is 3.27. The number of benzene rings is 1. The van der Waals surface area contributed by atoms with E-state index in [0.717, 1.165) is 11.1 Å².